The van der Waals surface area contributed by atoms with Crippen molar-refractivity contribution in [3.8, 4) is 22.3 Å². The van der Waals surface area contributed by atoms with Gasteiger partial charge in [-0.3, -0.25) is 4.98 Å². The Bertz CT molecular complexity index is 3530. The fraction of sp³-hybridized carbons (Fsp3) is 0.0364. The Labute approximate surface area is 346 Å². The van der Waals surface area contributed by atoms with Crippen LogP contribution in [-0.4, -0.2) is 28.6 Å². The third-order valence-corrected chi connectivity index (χ3v) is 12.2. The Morgan fingerprint density at radius 1 is 0.467 bits per heavy atom. The van der Waals surface area contributed by atoms with Crippen LogP contribution in [0.1, 0.15) is 22.9 Å². The minimum Gasteiger partial charge on any atom is -0.455 e. The summed E-state index contributed by atoms with van der Waals surface area (Å²) in [6.07, 6.45) is 3.54. The molecule has 1 unspecified atom stereocenters. The molecule has 0 fully saturated rings. The van der Waals surface area contributed by atoms with Crippen molar-refractivity contribution >= 4 is 76.7 Å². The third kappa shape index (κ3) is 5.36. The maximum absolute atomic E-state index is 6.84. The molecule has 0 bridgehead atoms. The zero-order valence-electron chi connectivity index (χ0n) is 32.7. The summed E-state index contributed by atoms with van der Waals surface area (Å²) in [7, 11) is 2.08. The lowest BCUT2D eigenvalue weighted by atomic mass is 9.92. The first kappa shape index (κ1) is 34.2. The Balaban J connectivity index is 0.994. The second kappa shape index (κ2) is 13.6. The maximum Gasteiger partial charge on any atom is 0.159 e. The first-order chi connectivity index (χ1) is 29.7. The van der Waals surface area contributed by atoms with Crippen LogP contribution in [-0.2, 0) is 0 Å². The summed E-state index contributed by atoms with van der Waals surface area (Å²) in [5.41, 5.74) is 8.97. The second-order valence-corrected chi connectivity index (χ2v) is 15.6. The van der Waals surface area contributed by atoms with Crippen LogP contribution in [0.25, 0.3) is 87.3 Å². The summed E-state index contributed by atoms with van der Waals surface area (Å²) in [5, 5.41) is 11.8. The standard InChI is InChI=1S/C55H36N4O/c1-59-54(37-27-25-35(26-28-37)40-22-11-16-34-13-5-6-17-39(34)40)57-53(36-14-3-2-4-15-36)58-55(59)46-23-12-24-50-51(46)49-33-56-32-48(52(49)60-50)38-29-30-45-43-20-8-7-18-41(43)42-19-9-10-21-44(42)47(45)31-38/h2-33,54H,1H3. The molecule has 0 saturated heterocycles. The number of rotatable bonds is 5. The molecule has 5 nitrogen and oxygen atoms in total. The van der Waals surface area contributed by atoms with Gasteiger partial charge in [0.1, 0.15) is 23.2 Å². The van der Waals surface area contributed by atoms with Crippen LogP contribution in [0.4, 0.5) is 0 Å². The summed E-state index contributed by atoms with van der Waals surface area (Å²) >= 11 is 0. The summed E-state index contributed by atoms with van der Waals surface area (Å²) in [4.78, 5) is 17.6. The molecule has 0 N–H and O–H groups in total. The predicted molar refractivity (Wildman–Crippen MR) is 249 cm³/mol. The molecule has 3 heterocycles. The Morgan fingerprint density at radius 2 is 1.08 bits per heavy atom. The van der Waals surface area contributed by atoms with Crippen molar-refractivity contribution in [2.45, 2.75) is 6.17 Å². The number of nitrogens with zero attached hydrogens (tertiary/aromatic N) is 4. The van der Waals surface area contributed by atoms with Gasteiger partial charge in [0.25, 0.3) is 0 Å². The summed E-state index contributed by atoms with van der Waals surface area (Å²) in [5.74, 6) is 1.50. The largest absolute Gasteiger partial charge is 0.455 e. The van der Waals surface area contributed by atoms with Gasteiger partial charge >= 0.3 is 0 Å². The number of furan rings is 1. The van der Waals surface area contributed by atoms with E-state index in [1.54, 1.807) is 0 Å². The average Bonchev–Trinajstić information content (AvgIpc) is 3.71. The van der Waals surface area contributed by atoms with Gasteiger partial charge in [-0.2, -0.15) is 0 Å². The molecule has 12 rings (SSSR count). The number of hydrogen-bond donors (Lipinski definition) is 0. The number of aromatic nitrogens is 1. The molecule has 1 aliphatic heterocycles. The van der Waals surface area contributed by atoms with E-state index < -0.39 is 0 Å². The van der Waals surface area contributed by atoms with Crippen molar-refractivity contribution < 1.29 is 4.42 Å². The molecule has 11 aromatic rings. The zero-order valence-corrected chi connectivity index (χ0v) is 32.7. The topological polar surface area (TPSA) is 54.0 Å². The van der Waals surface area contributed by atoms with Crippen molar-refractivity contribution in [3.63, 3.8) is 0 Å². The van der Waals surface area contributed by atoms with E-state index in [1.165, 1.54) is 54.2 Å². The van der Waals surface area contributed by atoms with Gasteiger partial charge in [-0.05, 0) is 77.5 Å². The first-order valence-corrected chi connectivity index (χ1v) is 20.3. The Hall–Kier alpha value is -7.89. The number of fused-ring (bicyclic) bond motifs is 10. The van der Waals surface area contributed by atoms with E-state index in [9.17, 15) is 0 Å². The van der Waals surface area contributed by atoms with Gasteiger partial charge in [-0.25, -0.2) is 9.98 Å². The SMILES string of the molecule is CN1C(c2cccc3oc4c(-c5ccc6c7ccccc7c7ccccc7c6c5)cncc4c23)=NC(c2ccccc2)=NC1c1ccc(-c2cccc3ccccc23)cc1. The second-order valence-electron chi connectivity index (χ2n) is 15.6. The van der Waals surface area contributed by atoms with Crippen molar-refractivity contribution in [2.75, 3.05) is 7.05 Å². The highest BCUT2D eigenvalue weighted by Crippen LogP contribution is 2.42. The number of aliphatic imine (C=N–C) groups is 2. The van der Waals surface area contributed by atoms with Gasteiger partial charge in [0.15, 0.2) is 5.84 Å². The molecule has 1 atom stereocenters. The fourth-order valence-corrected chi connectivity index (χ4v) is 9.32. The van der Waals surface area contributed by atoms with Gasteiger partial charge in [0.05, 0.1) is 0 Å². The smallest absolute Gasteiger partial charge is 0.159 e. The lowest BCUT2D eigenvalue weighted by Crippen LogP contribution is -2.35. The quantitative estimate of drug-likeness (QED) is 0.164. The Morgan fingerprint density at radius 3 is 1.85 bits per heavy atom. The minimum absolute atomic E-state index is 0.320. The maximum atomic E-state index is 6.84. The van der Waals surface area contributed by atoms with Crippen LogP contribution < -0.4 is 0 Å². The van der Waals surface area contributed by atoms with E-state index in [4.69, 9.17) is 19.4 Å². The molecule has 0 aliphatic carbocycles. The van der Waals surface area contributed by atoms with E-state index in [-0.39, 0.29) is 6.17 Å². The minimum atomic E-state index is -0.320. The van der Waals surface area contributed by atoms with Crippen LogP contribution in [0.2, 0.25) is 0 Å². The molecule has 0 saturated carbocycles. The summed E-state index contributed by atoms with van der Waals surface area (Å²) in [6, 6.07) is 64.5. The molecular formula is C55H36N4O. The van der Waals surface area contributed by atoms with Gasteiger partial charge in [-0.1, -0.05) is 170 Å². The van der Waals surface area contributed by atoms with Crippen LogP contribution in [0.15, 0.2) is 209 Å². The van der Waals surface area contributed by atoms with Crippen LogP contribution in [0.5, 0.6) is 0 Å². The van der Waals surface area contributed by atoms with Crippen molar-refractivity contribution in [1.29, 1.82) is 0 Å². The van der Waals surface area contributed by atoms with E-state index >= 15 is 0 Å². The van der Waals surface area contributed by atoms with E-state index in [0.717, 1.165) is 55.6 Å². The van der Waals surface area contributed by atoms with E-state index in [2.05, 4.69) is 170 Å². The highest BCUT2D eigenvalue weighted by atomic mass is 16.3. The average molecular weight is 769 g/mol. The highest BCUT2D eigenvalue weighted by Gasteiger charge is 2.29. The Kier molecular flexibility index (Phi) is 7.75. The summed E-state index contributed by atoms with van der Waals surface area (Å²) < 4.78 is 6.84. The molecule has 0 spiro atoms. The van der Waals surface area contributed by atoms with Crippen molar-refractivity contribution in [3.05, 3.63) is 211 Å². The highest BCUT2D eigenvalue weighted by molar-refractivity contribution is 6.26. The summed E-state index contributed by atoms with van der Waals surface area (Å²) in [6.45, 7) is 0. The molecule has 60 heavy (non-hydrogen) atoms. The lowest BCUT2D eigenvalue weighted by molar-refractivity contribution is 0.383. The molecule has 5 heteroatoms. The van der Waals surface area contributed by atoms with E-state index in [0.29, 0.717) is 5.84 Å². The molecule has 0 amide bonds. The first-order valence-electron chi connectivity index (χ1n) is 20.3. The molecule has 2 aromatic heterocycles. The van der Waals surface area contributed by atoms with Gasteiger partial charge in [0, 0.05) is 46.9 Å². The monoisotopic (exact) mass is 768 g/mol. The number of benzene rings is 9. The number of pyridine rings is 1. The van der Waals surface area contributed by atoms with Crippen LogP contribution in [0, 0.1) is 0 Å². The van der Waals surface area contributed by atoms with Crippen LogP contribution in [0.3, 0.4) is 0 Å². The van der Waals surface area contributed by atoms with Gasteiger partial charge < -0.3 is 9.32 Å². The third-order valence-electron chi connectivity index (χ3n) is 12.2. The normalized spacial score (nSPS) is 14.4. The predicted octanol–water partition coefficient (Wildman–Crippen LogP) is 13.8. The van der Waals surface area contributed by atoms with Crippen molar-refractivity contribution in [2.24, 2.45) is 9.98 Å². The van der Waals surface area contributed by atoms with Crippen LogP contribution >= 0.6 is 0 Å². The number of amidine groups is 2. The fourth-order valence-electron chi connectivity index (χ4n) is 9.32. The van der Waals surface area contributed by atoms with Gasteiger partial charge in [-0.15, -0.1) is 0 Å². The molecule has 282 valence electrons. The van der Waals surface area contributed by atoms with Crippen molar-refractivity contribution in [1.82, 2.24) is 9.88 Å². The molecule has 9 aromatic carbocycles. The lowest BCUT2D eigenvalue weighted by Gasteiger charge is -2.32. The zero-order chi connectivity index (χ0) is 39.7. The number of hydrogen-bond acceptors (Lipinski definition) is 5. The molecule has 0 radical (unpaired) electrons. The molecule has 1 aliphatic rings. The molecular weight excluding hydrogens is 733 g/mol. The van der Waals surface area contributed by atoms with Gasteiger partial charge in [0.2, 0.25) is 0 Å². The van der Waals surface area contributed by atoms with E-state index in [1.807, 2.05) is 36.7 Å².